The first-order valence-electron chi connectivity index (χ1n) is 6.39. The van der Waals surface area contributed by atoms with E-state index in [1.165, 1.54) is 12.1 Å². The molecule has 1 unspecified atom stereocenters. The number of hydrogen-bond acceptors (Lipinski definition) is 3. The van der Waals surface area contributed by atoms with Crippen molar-refractivity contribution in [1.29, 1.82) is 0 Å². The molecule has 4 nitrogen and oxygen atoms in total. The lowest BCUT2D eigenvalue weighted by molar-refractivity contribution is 0.534. The van der Waals surface area contributed by atoms with Crippen LogP contribution in [0, 0.1) is 0 Å². The van der Waals surface area contributed by atoms with Gasteiger partial charge < -0.3 is 5.73 Å². The SMILES string of the molecule is CCCCC(C)NS(=O)(=O)c1cc(C(N)=S)ccc1Cl. The summed E-state index contributed by atoms with van der Waals surface area (Å²) in [6.45, 7) is 3.89. The molecule has 0 aromatic heterocycles. The molecule has 0 radical (unpaired) electrons. The van der Waals surface area contributed by atoms with Crippen LogP contribution in [0.25, 0.3) is 0 Å². The van der Waals surface area contributed by atoms with Crippen LogP contribution in [0.5, 0.6) is 0 Å². The molecule has 0 fully saturated rings. The molecule has 0 saturated heterocycles. The molecule has 1 aromatic rings. The number of nitrogens with two attached hydrogens (primary N) is 1. The lowest BCUT2D eigenvalue weighted by Crippen LogP contribution is -2.32. The first-order valence-corrected chi connectivity index (χ1v) is 8.66. The van der Waals surface area contributed by atoms with Crippen molar-refractivity contribution in [3.63, 3.8) is 0 Å². The monoisotopic (exact) mass is 334 g/mol. The summed E-state index contributed by atoms with van der Waals surface area (Å²) in [6.07, 6.45) is 2.76. The van der Waals surface area contributed by atoms with Crippen LogP contribution in [0.2, 0.25) is 5.02 Å². The zero-order chi connectivity index (χ0) is 15.3. The van der Waals surface area contributed by atoms with Gasteiger partial charge in [-0.3, -0.25) is 0 Å². The number of hydrogen-bond donors (Lipinski definition) is 2. The summed E-state index contributed by atoms with van der Waals surface area (Å²) in [6, 6.07) is 4.34. The number of rotatable bonds is 7. The number of benzene rings is 1. The average Bonchev–Trinajstić information content (AvgIpc) is 2.35. The normalized spacial score (nSPS) is 13.2. The largest absolute Gasteiger partial charge is 0.389 e. The Bertz CT molecular complexity index is 588. The first kappa shape index (κ1) is 17.4. The Kier molecular flexibility index (Phi) is 6.39. The maximum Gasteiger partial charge on any atom is 0.242 e. The second kappa shape index (κ2) is 7.36. The highest BCUT2D eigenvalue weighted by Crippen LogP contribution is 2.23. The number of nitrogens with one attached hydrogen (secondary N) is 1. The highest BCUT2D eigenvalue weighted by Gasteiger charge is 2.21. The Balaban J connectivity index is 3.03. The Hall–Kier alpha value is -0.690. The Morgan fingerprint density at radius 2 is 2.15 bits per heavy atom. The summed E-state index contributed by atoms with van der Waals surface area (Å²) in [4.78, 5) is 0.143. The number of thiocarbonyl (C=S) groups is 1. The molecule has 7 heteroatoms. The van der Waals surface area contributed by atoms with Crippen LogP contribution in [-0.4, -0.2) is 19.4 Å². The number of halogens is 1. The summed E-state index contributed by atoms with van der Waals surface area (Å²) in [5.74, 6) is 0. The van der Waals surface area contributed by atoms with Crippen LogP contribution < -0.4 is 10.5 Å². The van der Waals surface area contributed by atoms with Gasteiger partial charge in [0.1, 0.15) is 9.88 Å². The first-order chi connectivity index (χ1) is 9.27. The maximum atomic E-state index is 12.3. The van der Waals surface area contributed by atoms with E-state index in [2.05, 4.69) is 11.6 Å². The molecule has 0 heterocycles. The molecule has 1 rings (SSSR count). The zero-order valence-electron chi connectivity index (χ0n) is 11.5. The molecule has 0 amide bonds. The Labute approximate surface area is 130 Å². The van der Waals surface area contributed by atoms with E-state index in [4.69, 9.17) is 29.6 Å². The summed E-state index contributed by atoms with van der Waals surface area (Å²) < 4.78 is 27.3. The molecular formula is C13H19ClN2O2S2. The third-order valence-electron chi connectivity index (χ3n) is 2.85. The molecule has 0 aliphatic rings. The third kappa shape index (κ3) is 4.70. The fourth-order valence-corrected chi connectivity index (χ4v) is 3.69. The Morgan fingerprint density at radius 3 is 2.70 bits per heavy atom. The fraction of sp³-hybridized carbons (Fsp3) is 0.462. The van der Waals surface area contributed by atoms with Crippen molar-refractivity contribution >= 4 is 38.8 Å². The van der Waals surface area contributed by atoms with Crippen molar-refractivity contribution < 1.29 is 8.42 Å². The third-order valence-corrected chi connectivity index (χ3v) is 5.16. The van der Waals surface area contributed by atoms with Crippen LogP contribution in [0.3, 0.4) is 0 Å². The summed E-state index contributed by atoms with van der Waals surface area (Å²) in [5, 5.41) is 0.153. The van der Waals surface area contributed by atoms with E-state index >= 15 is 0 Å². The quantitative estimate of drug-likeness (QED) is 0.752. The van der Waals surface area contributed by atoms with E-state index in [1.54, 1.807) is 6.07 Å². The second-order valence-corrected chi connectivity index (χ2v) is 7.20. The van der Waals surface area contributed by atoms with Crippen molar-refractivity contribution in [2.45, 2.75) is 44.0 Å². The van der Waals surface area contributed by atoms with Gasteiger partial charge in [-0.05, 0) is 25.5 Å². The standard InChI is InChI=1S/C13H19ClN2O2S2/c1-3-4-5-9(2)16-20(17,18)12-8-10(13(15)19)6-7-11(12)14/h6-9,16H,3-5H2,1-2H3,(H2,15,19). The van der Waals surface area contributed by atoms with E-state index in [9.17, 15) is 8.42 Å². The van der Waals surface area contributed by atoms with Crippen molar-refractivity contribution in [2.24, 2.45) is 5.73 Å². The van der Waals surface area contributed by atoms with Crippen molar-refractivity contribution in [3.8, 4) is 0 Å². The summed E-state index contributed by atoms with van der Waals surface area (Å²) in [7, 11) is -3.67. The van der Waals surface area contributed by atoms with Gasteiger partial charge in [0.05, 0.1) is 5.02 Å². The molecule has 3 N–H and O–H groups in total. The summed E-state index contributed by atoms with van der Waals surface area (Å²) in [5.41, 5.74) is 5.99. The molecule has 0 aliphatic carbocycles. The van der Waals surface area contributed by atoms with Crippen LogP contribution in [0.1, 0.15) is 38.7 Å². The molecular weight excluding hydrogens is 316 g/mol. The van der Waals surface area contributed by atoms with Gasteiger partial charge in [0, 0.05) is 11.6 Å². The average molecular weight is 335 g/mol. The molecule has 20 heavy (non-hydrogen) atoms. The van der Waals surface area contributed by atoms with Gasteiger partial charge in [-0.15, -0.1) is 0 Å². The topological polar surface area (TPSA) is 72.2 Å². The highest BCUT2D eigenvalue weighted by molar-refractivity contribution is 7.89. The number of sulfonamides is 1. The van der Waals surface area contributed by atoms with E-state index in [0.717, 1.165) is 19.3 Å². The van der Waals surface area contributed by atoms with Crippen LogP contribution in [0.4, 0.5) is 0 Å². The van der Waals surface area contributed by atoms with E-state index in [0.29, 0.717) is 5.56 Å². The molecule has 1 aromatic carbocycles. The van der Waals surface area contributed by atoms with Gasteiger partial charge in [0.15, 0.2) is 0 Å². The maximum absolute atomic E-state index is 12.3. The Morgan fingerprint density at radius 1 is 1.50 bits per heavy atom. The lowest BCUT2D eigenvalue weighted by atomic mass is 10.2. The van der Waals surface area contributed by atoms with Crippen molar-refractivity contribution in [3.05, 3.63) is 28.8 Å². The van der Waals surface area contributed by atoms with Gasteiger partial charge in [-0.25, -0.2) is 13.1 Å². The zero-order valence-corrected chi connectivity index (χ0v) is 13.9. The van der Waals surface area contributed by atoms with Gasteiger partial charge >= 0.3 is 0 Å². The summed E-state index contributed by atoms with van der Waals surface area (Å²) >= 11 is 10.8. The van der Waals surface area contributed by atoms with Gasteiger partial charge in [-0.2, -0.15) is 0 Å². The van der Waals surface area contributed by atoms with E-state index in [1.807, 2.05) is 6.92 Å². The van der Waals surface area contributed by atoms with E-state index < -0.39 is 10.0 Å². The molecule has 0 bridgehead atoms. The number of unbranched alkanes of at least 4 members (excludes halogenated alkanes) is 1. The fourth-order valence-electron chi connectivity index (χ4n) is 1.76. The van der Waals surface area contributed by atoms with E-state index in [-0.39, 0.29) is 20.9 Å². The van der Waals surface area contributed by atoms with Crippen molar-refractivity contribution in [2.75, 3.05) is 0 Å². The molecule has 0 spiro atoms. The van der Waals surface area contributed by atoms with Gasteiger partial charge in [-0.1, -0.05) is 49.7 Å². The van der Waals surface area contributed by atoms with Crippen LogP contribution in [0.15, 0.2) is 23.1 Å². The predicted molar refractivity (Wildman–Crippen MR) is 86.6 cm³/mol. The minimum atomic E-state index is -3.67. The molecule has 112 valence electrons. The van der Waals surface area contributed by atoms with Crippen molar-refractivity contribution in [1.82, 2.24) is 4.72 Å². The van der Waals surface area contributed by atoms with Gasteiger partial charge in [0.2, 0.25) is 10.0 Å². The predicted octanol–water partition coefficient (Wildman–Crippen LogP) is 2.83. The second-order valence-electron chi connectivity index (χ2n) is 4.67. The molecule has 1 atom stereocenters. The van der Waals surface area contributed by atoms with Crippen LogP contribution in [-0.2, 0) is 10.0 Å². The minimum Gasteiger partial charge on any atom is -0.389 e. The molecule has 0 aliphatic heterocycles. The van der Waals surface area contributed by atoms with Gasteiger partial charge in [0.25, 0.3) is 0 Å². The van der Waals surface area contributed by atoms with Crippen LogP contribution >= 0.6 is 23.8 Å². The highest BCUT2D eigenvalue weighted by atomic mass is 35.5. The molecule has 0 saturated carbocycles. The smallest absolute Gasteiger partial charge is 0.242 e. The minimum absolute atomic E-state index is 0.00724. The lowest BCUT2D eigenvalue weighted by Gasteiger charge is -2.15.